The number of aromatic nitrogens is 3. The average molecular weight is 207 g/mol. The van der Waals surface area contributed by atoms with Crippen LogP contribution in [-0.2, 0) is 6.54 Å². The molecule has 0 bridgehead atoms. The second kappa shape index (κ2) is 3.32. The van der Waals surface area contributed by atoms with Crippen LogP contribution in [0.15, 0.2) is 12.4 Å². The fourth-order valence-electron chi connectivity index (χ4n) is 2.65. The van der Waals surface area contributed by atoms with Gasteiger partial charge in [-0.05, 0) is 29.6 Å². The van der Waals surface area contributed by atoms with E-state index >= 15 is 0 Å². The summed E-state index contributed by atoms with van der Waals surface area (Å²) in [6, 6.07) is 0. The first-order valence-corrected chi connectivity index (χ1v) is 5.77. The molecule has 1 saturated carbocycles. The minimum Gasteiger partial charge on any atom is -0.252 e. The summed E-state index contributed by atoms with van der Waals surface area (Å²) in [4.78, 5) is 0. The minimum atomic E-state index is 0.388. The van der Waals surface area contributed by atoms with Crippen molar-refractivity contribution in [2.75, 3.05) is 0 Å². The summed E-state index contributed by atoms with van der Waals surface area (Å²) in [7, 11) is 0. The quantitative estimate of drug-likeness (QED) is 0.746. The molecule has 0 aliphatic heterocycles. The lowest BCUT2D eigenvalue weighted by Crippen LogP contribution is -2.33. The molecule has 0 aromatic carbocycles. The first-order valence-electron chi connectivity index (χ1n) is 5.77. The first-order chi connectivity index (χ1) is 6.93. The van der Waals surface area contributed by atoms with Gasteiger partial charge in [-0.1, -0.05) is 32.9 Å². The molecule has 1 fully saturated rings. The molecule has 1 aromatic heterocycles. The first kappa shape index (κ1) is 10.7. The van der Waals surface area contributed by atoms with Crippen molar-refractivity contribution >= 4 is 0 Å². The van der Waals surface area contributed by atoms with E-state index in [4.69, 9.17) is 0 Å². The van der Waals surface area contributed by atoms with Gasteiger partial charge < -0.3 is 0 Å². The zero-order valence-electron chi connectivity index (χ0n) is 10.2. The van der Waals surface area contributed by atoms with Crippen LogP contribution in [0.25, 0.3) is 0 Å². The van der Waals surface area contributed by atoms with Crippen LogP contribution in [0.4, 0.5) is 0 Å². The Morgan fingerprint density at radius 3 is 2.53 bits per heavy atom. The predicted octanol–water partition coefficient (Wildman–Crippen LogP) is 2.74. The Hall–Kier alpha value is -0.860. The van der Waals surface area contributed by atoms with E-state index in [-0.39, 0.29) is 0 Å². The molecule has 0 unspecified atom stereocenters. The standard InChI is InChI=1S/C12H21N3/c1-11(2)6-5-10(12(11,3)4)9-15-8-7-13-14-15/h7-8,10H,5-6,9H2,1-4H3/t10-/m1/s1. The Bertz CT molecular complexity index is 325. The highest BCUT2D eigenvalue weighted by molar-refractivity contribution is 4.97. The monoisotopic (exact) mass is 207 g/mol. The number of nitrogens with zero attached hydrogens (tertiary/aromatic N) is 3. The van der Waals surface area contributed by atoms with Gasteiger partial charge >= 0.3 is 0 Å². The van der Waals surface area contributed by atoms with Gasteiger partial charge in [0.05, 0.1) is 6.20 Å². The Balaban J connectivity index is 2.12. The number of hydrogen-bond donors (Lipinski definition) is 0. The second-order valence-electron chi connectivity index (χ2n) is 5.97. The van der Waals surface area contributed by atoms with E-state index in [1.807, 2.05) is 10.9 Å². The number of rotatable bonds is 2. The van der Waals surface area contributed by atoms with Gasteiger partial charge in [0.1, 0.15) is 0 Å². The van der Waals surface area contributed by atoms with E-state index in [1.54, 1.807) is 6.20 Å². The van der Waals surface area contributed by atoms with Crippen molar-refractivity contribution in [2.45, 2.75) is 47.1 Å². The van der Waals surface area contributed by atoms with Crippen molar-refractivity contribution in [3.63, 3.8) is 0 Å². The van der Waals surface area contributed by atoms with Crippen LogP contribution in [0.1, 0.15) is 40.5 Å². The molecule has 3 heteroatoms. The average Bonchev–Trinajstić information content (AvgIpc) is 2.69. The van der Waals surface area contributed by atoms with Crippen molar-refractivity contribution in [3.05, 3.63) is 12.4 Å². The van der Waals surface area contributed by atoms with Gasteiger partial charge in [-0.25, -0.2) is 0 Å². The molecule has 84 valence electrons. The van der Waals surface area contributed by atoms with Crippen LogP contribution >= 0.6 is 0 Å². The van der Waals surface area contributed by atoms with Gasteiger partial charge in [0, 0.05) is 12.7 Å². The molecule has 1 aromatic rings. The highest BCUT2D eigenvalue weighted by Crippen LogP contribution is 2.55. The van der Waals surface area contributed by atoms with E-state index in [1.165, 1.54) is 12.8 Å². The van der Waals surface area contributed by atoms with Gasteiger partial charge in [-0.3, -0.25) is 4.68 Å². The smallest absolute Gasteiger partial charge is 0.0692 e. The fraction of sp³-hybridized carbons (Fsp3) is 0.833. The summed E-state index contributed by atoms with van der Waals surface area (Å²) in [5.41, 5.74) is 0.831. The van der Waals surface area contributed by atoms with Crippen LogP contribution in [0, 0.1) is 16.7 Å². The maximum absolute atomic E-state index is 4.06. The summed E-state index contributed by atoms with van der Waals surface area (Å²) < 4.78 is 1.97. The maximum atomic E-state index is 4.06. The van der Waals surface area contributed by atoms with E-state index in [0.717, 1.165) is 6.54 Å². The zero-order valence-corrected chi connectivity index (χ0v) is 10.2. The lowest BCUT2D eigenvalue weighted by atomic mass is 9.67. The van der Waals surface area contributed by atoms with Gasteiger partial charge in [0.2, 0.25) is 0 Å². The molecule has 1 aliphatic carbocycles. The topological polar surface area (TPSA) is 30.7 Å². The number of hydrogen-bond acceptors (Lipinski definition) is 2. The third-order valence-electron chi connectivity index (χ3n) is 4.76. The van der Waals surface area contributed by atoms with E-state index in [2.05, 4.69) is 38.0 Å². The Kier molecular flexibility index (Phi) is 2.36. The highest BCUT2D eigenvalue weighted by atomic mass is 15.4. The SMILES string of the molecule is CC1(C)CC[C@H](Cn2ccnn2)C1(C)C. The second-order valence-corrected chi connectivity index (χ2v) is 5.97. The predicted molar refractivity (Wildman–Crippen MR) is 60.3 cm³/mol. The summed E-state index contributed by atoms with van der Waals surface area (Å²) in [5, 5.41) is 7.92. The molecule has 0 spiro atoms. The molecule has 0 N–H and O–H groups in total. The van der Waals surface area contributed by atoms with E-state index < -0.39 is 0 Å². The Morgan fingerprint density at radius 1 is 1.33 bits per heavy atom. The third-order valence-corrected chi connectivity index (χ3v) is 4.76. The molecule has 15 heavy (non-hydrogen) atoms. The molecule has 0 saturated heterocycles. The molecular weight excluding hydrogens is 186 g/mol. The molecule has 0 amide bonds. The molecule has 3 nitrogen and oxygen atoms in total. The Morgan fingerprint density at radius 2 is 2.07 bits per heavy atom. The molecular formula is C12H21N3. The van der Waals surface area contributed by atoms with Crippen molar-refractivity contribution in [3.8, 4) is 0 Å². The summed E-state index contributed by atoms with van der Waals surface area (Å²) in [6.45, 7) is 10.6. The van der Waals surface area contributed by atoms with Gasteiger partial charge in [0.15, 0.2) is 0 Å². The van der Waals surface area contributed by atoms with Crippen LogP contribution < -0.4 is 0 Å². The van der Waals surface area contributed by atoms with Crippen molar-refractivity contribution in [2.24, 2.45) is 16.7 Å². The van der Waals surface area contributed by atoms with Gasteiger partial charge in [0.25, 0.3) is 0 Å². The third kappa shape index (κ3) is 1.68. The summed E-state index contributed by atoms with van der Waals surface area (Å²) in [5.74, 6) is 0.717. The van der Waals surface area contributed by atoms with E-state index in [9.17, 15) is 0 Å². The summed E-state index contributed by atoms with van der Waals surface area (Å²) in [6.07, 6.45) is 6.34. The fourth-order valence-corrected chi connectivity index (χ4v) is 2.65. The lowest BCUT2D eigenvalue weighted by molar-refractivity contribution is 0.0954. The van der Waals surface area contributed by atoms with Crippen LogP contribution in [0.5, 0.6) is 0 Å². The van der Waals surface area contributed by atoms with Gasteiger partial charge in [-0.2, -0.15) is 0 Å². The Labute approximate surface area is 91.9 Å². The molecule has 1 aliphatic rings. The van der Waals surface area contributed by atoms with Crippen LogP contribution in [0.3, 0.4) is 0 Å². The van der Waals surface area contributed by atoms with Gasteiger partial charge in [-0.15, -0.1) is 5.10 Å². The molecule has 1 atom stereocenters. The molecule has 0 radical (unpaired) electrons. The largest absolute Gasteiger partial charge is 0.252 e. The maximum Gasteiger partial charge on any atom is 0.0692 e. The highest BCUT2D eigenvalue weighted by Gasteiger charge is 2.48. The molecule has 1 heterocycles. The van der Waals surface area contributed by atoms with Crippen molar-refractivity contribution < 1.29 is 0 Å². The molecule has 2 rings (SSSR count). The van der Waals surface area contributed by atoms with Crippen LogP contribution in [-0.4, -0.2) is 15.0 Å². The minimum absolute atomic E-state index is 0.388. The van der Waals surface area contributed by atoms with Crippen molar-refractivity contribution in [1.82, 2.24) is 15.0 Å². The van der Waals surface area contributed by atoms with E-state index in [0.29, 0.717) is 16.7 Å². The summed E-state index contributed by atoms with van der Waals surface area (Å²) >= 11 is 0. The zero-order chi connectivity index (χ0) is 11.1. The van der Waals surface area contributed by atoms with Crippen LogP contribution in [0.2, 0.25) is 0 Å². The normalized spacial score (nSPS) is 28.1. The van der Waals surface area contributed by atoms with Crippen molar-refractivity contribution in [1.29, 1.82) is 0 Å². The lowest BCUT2D eigenvalue weighted by Gasteiger charge is -2.39.